The molecule has 0 atom stereocenters. The predicted octanol–water partition coefficient (Wildman–Crippen LogP) is 3.09. The highest BCUT2D eigenvalue weighted by molar-refractivity contribution is 6.31. The predicted molar refractivity (Wildman–Crippen MR) is 79.9 cm³/mol. The van der Waals surface area contributed by atoms with Crippen molar-refractivity contribution in [1.82, 2.24) is 9.97 Å². The van der Waals surface area contributed by atoms with Gasteiger partial charge in [0.2, 0.25) is 0 Å². The van der Waals surface area contributed by atoms with Gasteiger partial charge in [-0.3, -0.25) is 4.79 Å². The summed E-state index contributed by atoms with van der Waals surface area (Å²) in [6.45, 7) is 3.90. The molecule has 20 heavy (non-hydrogen) atoms. The molecular weight excluding hydrogens is 276 g/mol. The van der Waals surface area contributed by atoms with E-state index in [1.54, 1.807) is 24.3 Å². The van der Waals surface area contributed by atoms with Crippen molar-refractivity contribution in [1.29, 1.82) is 0 Å². The molecule has 0 aliphatic heterocycles. The van der Waals surface area contributed by atoms with Crippen LogP contribution in [0.4, 0.5) is 11.4 Å². The van der Waals surface area contributed by atoms with E-state index < -0.39 is 0 Å². The molecule has 5 nitrogen and oxygen atoms in total. The monoisotopic (exact) mass is 290 g/mol. The summed E-state index contributed by atoms with van der Waals surface area (Å²) >= 11 is 5.87. The molecule has 2 rings (SSSR count). The van der Waals surface area contributed by atoms with Crippen LogP contribution in [-0.2, 0) is 0 Å². The van der Waals surface area contributed by atoms with Gasteiger partial charge >= 0.3 is 0 Å². The van der Waals surface area contributed by atoms with Gasteiger partial charge in [-0.05, 0) is 18.2 Å². The number of carbonyl (C=O) groups excluding carboxylic acids is 1. The van der Waals surface area contributed by atoms with E-state index >= 15 is 0 Å². The molecule has 1 heterocycles. The van der Waals surface area contributed by atoms with Gasteiger partial charge in [-0.1, -0.05) is 31.5 Å². The smallest absolute Gasteiger partial charge is 0.276 e. The fraction of sp³-hybridized carbons (Fsp3) is 0.214. The summed E-state index contributed by atoms with van der Waals surface area (Å²) in [5, 5.41) is 3.26. The van der Waals surface area contributed by atoms with Crippen molar-refractivity contribution in [3.05, 3.63) is 47.0 Å². The lowest BCUT2D eigenvalue weighted by atomic mass is 10.2. The minimum atomic E-state index is -0.380. The number of benzene rings is 1. The second-order valence-electron chi connectivity index (χ2n) is 4.65. The number of nitrogens with one attached hydrogen (secondary N) is 1. The summed E-state index contributed by atoms with van der Waals surface area (Å²) in [6, 6.07) is 6.87. The normalized spacial score (nSPS) is 10.6. The Morgan fingerprint density at radius 3 is 2.80 bits per heavy atom. The molecule has 1 aromatic heterocycles. The minimum absolute atomic E-state index is 0.119. The van der Waals surface area contributed by atoms with Crippen LogP contribution in [0.15, 0.2) is 30.5 Å². The van der Waals surface area contributed by atoms with Gasteiger partial charge in [0.25, 0.3) is 5.91 Å². The number of nitrogens with two attached hydrogens (primary N) is 1. The summed E-state index contributed by atoms with van der Waals surface area (Å²) in [5.41, 5.74) is 6.77. The maximum atomic E-state index is 12.2. The molecule has 0 saturated carbocycles. The van der Waals surface area contributed by atoms with Crippen LogP contribution in [0.3, 0.4) is 0 Å². The highest BCUT2D eigenvalue weighted by Crippen LogP contribution is 2.18. The first-order valence-electron chi connectivity index (χ1n) is 6.16. The van der Waals surface area contributed by atoms with Gasteiger partial charge in [0.05, 0.1) is 11.9 Å². The lowest BCUT2D eigenvalue weighted by molar-refractivity contribution is 0.102. The molecule has 1 amide bonds. The average molecular weight is 291 g/mol. The van der Waals surface area contributed by atoms with Crippen LogP contribution in [0.5, 0.6) is 0 Å². The standard InChI is InChI=1S/C14H15ClN4O/c1-8(2)13-17-7-11(16)12(19-13)14(20)18-10-5-3-4-9(15)6-10/h3-8H,16H2,1-2H3,(H,18,20). The fourth-order valence-corrected chi connectivity index (χ4v) is 1.81. The van der Waals surface area contributed by atoms with Crippen molar-refractivity contribution in [3.63, 3.8) is 0 Å². The summed E-state index contributed by atoms with van der Waals surface area (Å²) in [7, 11) is 0. The molecule has 0 spiro atoms. The molecule has 0 fully saturated rings. The van der Waals surface area contributed by atoms with Crippen LogP contribution in [0.25, 0.3) is 0 Å². The van der Waals surface area contributed by atoms with Gasteiger partial charge in [0.15, 0.2) is 5.69 Å². The molecule has 2 aromatic rings. The number of anilines is 2. The second-order valence-corrected chi connectivity index (χ2v) is 5.09. The lowest BCUT2D eigenvalue weighted by Crippen LogP contribution is -2.17. The molecule has 1 aromatic carbocycles. The van der Waals surface area contributed by atoms with Crippen LogP contribution < -0.4 is 11.1 Å². The van der Waals surface area contributed by atoms with Crippen molar-refractivity contribution in [2.24, 2.45) is 0 Å². The van der Waals surface area contributed by atoms with E-state index in [1.165, 1.54) is 6.20 Å². The molecule has 0 unspecified atom stereocenters. The van der Waals surface area contributed by atoms with Crippen molar-refractivity contribution in [3.8, 4) is 0 Å². The van der Waals surface area contributed by atoms with Gasteiger partial charge in [0, 0.05) is 16.6 Å². The van der Waals surface area contributed by atoms with E-state index in [1.807, 2.05) is 13.8 Å². The number of aromatic nitrogens is 2. The summed E-state index contributed by atoms with van der Waals surface area (Å²) in [6.07, 6.45) is 1.45. The average Bonchev–Trinajstić information content (AvgIpc) is 2.38. The molecule has 0 aliphatic carbocycles. The van der Waals surface area contributed by atoms with Crippen molar-refractivity contribution in [2.75, 3.05) is 11.1 Å². The number of carbonyl (C=O) groups is 1. The van der Waals surface area contributed by atoms with Gasteiger partial charge in [-0.2, -0.15) is 0 Å². The highest BCUT2D eigenvalue weighted by Gasteiger charge is 2.15. The number of nitrogen functional groups attached to an aromatic ring is 1. The molecule has 104 valence electrons. The molecule has 0 radical (unpaired) electrons. The van der Waals surface area contributed by atoms with Crippen LogP contribution in [-0.4, -0.2) is 15.9 Å². The summed E-state index contributed by atoms with van der Waals surface area (Å²) in [5.74, 6) is 0.317. The third kappa shape index (κ3) is 3.24. The van der Waals surface area contributed by atoms with Gasteiger partial charge in [0.1, 0.15) is 5.82 Å². The Hall–Kier alpha value is -2.14. The van der Waals surface area contributed by atoms with Crippen LogP contribution in [0, 0.1) is 0 Å². The lowest BCUT2D eigenvalue weighted by Gasteiger charge is -2.09. The third-order valence-electron chi connectivity index (χ3n) is 2.65. The quantitative estimate of drug-likeness (QED) is 0.910. The van der Waals surface area contributed by atoms with E-state index in [0.29, 0.717) is 16.5 Å². The number of amides is 1. The maximum Gasteiger partial charge on any atom is 0.276 e. The largest absolute Gasteiger partial charge is 0.396 e. The Bertz CT molecular complexity index is 643. The van der Waals surface area contributed by atoms with Gasteiger partial charge in [-0.25, -0.2) is 9.97 Å². The van der Waals surface area contributed by atoms with E-state index in [0.717, 1.165) is 0 Å². The molecule has 6 heteroatoms. The topological polar surface area (TPSA) is 80.9 Å². The second kappa shape index (κ2) is 5.88. The first-order valence-corrected chi connectivity index (χ1v) is 6.54. The van der Waals surface area contributed by atoms with Crippen molar-refractivity contribution < 1.29 is 4.79 Å². The Kier molecular flexibility index (Phi) is 4.20. The van der Waals surface area contributed by atoms with Crippen LogP contribution in [0.2, 0.25) is 5.02 Å². The van der Waals surface area contributed by atoms with Gasteiger partial charge in [-0.15, -0.1) is 0 Å². The van der Waals surface area contributed by atoms with Crippen molar-refractivity contribution >= 4 is 28.9 Å². The fourth-order valence-electron chi connectivity index (χ4n) is 1.62. The van der Waals surface area contributed by atoms with E-state index in [9.17, 15) is 4.79 Å². The molecule has 0 bridgehead atoms. The Labute approximate surface area is 122 Å². The number of hydrogen-bond donors (Lipinski definition) is 2. The number of hydrogen-bond acceptors (Lipinski definition) is 4. The van der Waals surface area contributed by atoms with Crippen molar-refractivity contribution in [2.45, 2.75) is 19.8 Å². The highest BCUT2D eigenvalue weighted by atomic mass is 35.5. The zero-order valence-corrected chi connectivity index (χ0v) is 12.0. The Morgan fingerprint density at radius 1 is 1.40 bits per heavy atom. The van der Waals surface area contributed by atoms with E-state index in [2.05, 4.69) is 15.3 Å². The number of halogens is 1. The molecule has 0 aliphatic rings. The Balaban J connectivity index is 2.27. The maximum absolute atomic E-state index is 12.2. The first-order chi connectivity index (χ1) is 9.47. The number of rotatable bonds is 3. The summed E-state index contributed by atoms with van der Waals surface area (Å²) in [4.78, 5) is 20.5. The Morgan fingerprint density at radius 2 is 2.15 bits per heavy atom. The zero-order chi connectivity index (χ0) is 14.7. The van der Waals surface area contributed by atoms with Crippen LogP contribution >= 0.6 is 11.6 Å². The van der Waals surface area contributed by atoms with Crippen LogP contribution in [0.1, 0.15) is 36.1 Å². The van der Waals surface area contributed by atoms with Gasteiger partial charge < -0.3 is 11.1 Å². The molecular formula is C14H15ClN4O. The first kappa shape index (κ1) is 14.3. The minimum Gasteiger partial charge on any atom is -0.396 e. The third-order valence-corrected chi connectivity index (χ3v) is 2.88. The molecule has 3 N–H and O–H groups in total. The number of nitrogens with zero attached hydrogens (tertiary/aromatic N) is 2. The zero-order valence-electron chi connectivity index (χ0n) is 11.2. The van der Waals surface area contributed by atoms with E-state index in [-0.39, 0.29) is 23.2 Å². The summed E-state index contributed by atoms with van der Waals surface area (Å²) < 4.78 is 0. The molecule has 0 saturated heterocycles. The van der Waals surface area contributed by atoms with E-state index in [4.69, 9.17) is 17.3 Å². The SMILES string of the molecule is CC(C)c1ncc(N)c(C(=O)Nc2cccc(Cl)c2)n1.